The summed E-state index contributed by atoms with van der Waals surface area (Å²) in [7, 11) is 0. The zero-order chi connectivity index (χ0) is 16.5. The summed E-state index contributed by atoms with van der Waals surface area (Å²) in [5.41, 5.74) is 5.10. The lowest BCUT2D eigenvalue weighted by Gasteiger charge is -2.10. The Labute approximate surface area is 148 Å². The highest BCUT2D eigenvalue weighted by atomic mass is 32.2. The molecule has 3 aromatic rings. The van der Waals surface area contributed by atoms with E-state index in [9.17, 15) is 0 Å². The van der Waals surface area contributed by atoms with Crippen molar-refractivity contribution < 1.29 is 0 Å². The lowest BCUT2D eigenvalue weighted by Crippen LogP contribution is -2.04. The van der Waals surface area contributed by atoms with Crippen molar-refractivity contribution in [3.63, 3.8) is 0 Å². The Morgan fingerprint density at radius 3 is 2.62 bits per heavy atom. The van der Waals surface area contributed by atoms with Crippen molar-refractivity contribution in [3.05, 3.63) is 59.4 Å². The number of nitrogens with zero attached hydrogens (tertiary/aromatic N) is 2. The number of thioether (sulfide) groups is 1. The maximum Gasteiger partial charge on any atom is 0.113 e. The van der Waals surface area contributed by atoms with Crippen LogP contribution in [-0.4, -0.2) is 15.3 Å². The van der Waals surface area contributed by atoms with Gasteiger partial charge in [0.25, 0.3) is 0 Å². The summed E-state index contributed by atoms with van der Waals surface area (Å²) in [5, 5.41) is 0. The van der Waals surface area contributed by atoms with Crippen LogP contribution in [0.4, 0.5) is 0 Å². The van der Waals surface area contributed by atoms with Crippen LogP contribution in [0.25, 0.3) is 11.0 Å². The normalized spacial score (nSPS) is 14.4. The summed E-state index contributed by atoms with van der Waals surface area (Å²) in [6, 6.07) is 15.7. The Kier molecular flexibility index (Phi) is 4.36. The van der Waals surface area contributed by atoms with Crippen LogP contribution >= 0.6 is 11.8 Å². The summed E-state index contributed by atoms with van der Waals surface area (Å²) in [6.45, 7) is 5.30. The molecule has 1 heterocycles. The van der Waals surface area contributed by atoms with Gasteiger partial charge in [0.1, 0.15) is 5.82 Å². The molecule has 1 aliphatic carbocycles. The largest absolute Gasteiger partial charge is 0.323 e. The lowest BCUT2D eigenvalue weighted by molar-refractivity contribution is 0.746. The van der Waals surface area contributed by atoms with E-state index >= 15 is 0 Å². The number of hydrogen-bond donors (Lipinski definition) is 0. The van der Waals surface area contributed by atoms with Gasteiger partial charge >= 0.3 is 0 Å². The van der Waals surface area contributed by atoms with E-state index in [0.717, 1.165) is 12.1 Å². The average molecular weight is 337 g/mol. The minimum Gasteiger partial charge on any atom is -0.323 e. The monoisotopic (exact) mass is 336 g/mol. The second-order valence-corrected chi connectivity index (χ2v) is 7.98. The highest BCUT2D eigenvalue weighted by Gasteiger charge is 2.29. The second-order valence-electron chi connectivity index (χ2n) is 6.82. The average Bonchev–Trinajstić information content (AvgIpc) is 3.38. The Hall–Kier alpha value is -1.74. The molecule has 4 rings (SSSR count). The first-order valence-corrected chi connectivity index (χ1v) is 9.91. The Bertz CT molecular complexity index is 844. The van der Waals surface area contributed by atoms with Crippen molar-refractivity contribution in [2.75, 3.05) is 5.75 Å². The van der Waals surface area contributed by atoms with Gasteiger partial charge in [0.2, 0.25) is 0 Å². The Balaban J connectivity index is 1.74. The minimum absolute atomic E-state index is 0.662. The van der Waals surface area contributed by atoms with Gasteiger partial charge in [0.15, 0.2) is 0 Å². The van der Waals surface area contributed by atoms with Gasteiger partial charge in [-0.25, -0.2) is 4.98 Å². The van der Waals surface area contributed by atoms with E-state index in [4.69, 9.17) is 4.98 Å². The van der Waals surface area contributed by atoms with E-state index < -0.39 is 0 Å². The predicted molar refractivity (Wildman–Crippen MR) is 103 cm³/mol. The van der Waals surface area contributed by atoms with Gasteiger partial charge in [-0.1, -0.05) is 36.8 Å². The Morgan fingerprint density at radius 2 is 1.92 bits per heavy atom. The van der Waals surface area contributed by atoms with Crippen LogP contribution < -0.4 is 0 Å². The molecule has 0 atom stereocenters. The number of aromatic nitrogens is 2. The third-order valence-electron chi connectivity index (χ3n) is 4.63. The molecule has 124 valence electrons. The van der Waals surface area contributed by atoms with E-state index in [1.54, 1.807) is 0 Å². The molecule has 0 aliphatic heterocycles. The summed E-state index contributed by atoms with van der Waals surface area (Å²) in [4.78, 5) is 6.32. The molecule has 2 aromatic carbocycles. The van der Waals surface area contributed by atoms with Gasteiger partial charge in [-0.2, -0.15) is 0 Å². The molecule has 2 nitrogen and oxygen atoms in total. The molecule has 1 fully saturated rings. The van der Waals surface area contributed by atoms with E-state index in [-0.39, 0.29) is 0 Å². The van der Waals surface area contributed by atoms with Crippen LogP contribution in [0, 0.1) is 6.92 Å². The van der Waals surface area contributed by atoms with Crippen molar-refractivity contribution in [3.8, 4) is 0 Å². The molecule has 0 bridgehead atoms. The molecule has 24 heavy (non-hydrogen) atoms. The fraction of sp³-hybridized carbons (Fsp3) is 0.381. The number of fused-ring (bicyclic) bond motifs is 1. The zero-order valence-corrected chi connectivity index (χ0v) is 15.3. The summed E-state index contributed by atoms with van der Waals surface area (Å²) in [6.07, 6.45) is 3.78. The molecule has 1 saturated carbocycles. The minimum atomic E-state index is 0.662. The van der Waals surface area contributed by atoms with Gasteiger partial charge < -0.3 is 4.57 Å². The van der Waals surface area contributed by atoms with Crippen LogP contribution in [0.15, 0.2) is 47.4 Å². The number of hydrogen-bond acceptors (Lipinski definition) is 2. The SMILES string of the molecule is CCCSc1ccc2nc(C3CC3)n(Cc3ccc(C)cc3)c2c1. The number of benzene rings is 2. The molecule has 0 saturated heterocycles. The van der Waals surface area contributed by atoms with Gasteiger partial charge in [0.05, 0.1) is 11.0 Å². The molecule has 0 amide bonds. The van der Waals surface area contributed by atoms with Crippen LogP contribution in [0.5, 0.6) is 0 Å². The van der Waals surface area contributed by atoms with Crippen molar-refractivity contribution in [2.24, 2.45) is 0 Å². The summed E-state index contributed by atoms with van der Waals surface area (Å²) in [5.74, 6) is 3.12. The summed E-state index contributed by atoms with van der Waals surface area (Å²) >= 11 is 1.94. The van der Waals surface area contributed by atoms with Crippen LogP contribution in [-0.2, 0) is 6.54 Å². The first-order valence-electron chi connectivity index (χ1n) is 8.93. The third kappa shape index (κ3) is 3.23. The van der Waals surface area contributed by atoms with E-state index in [1.165, 1.54) is 52.4 Å². The molecule has 3 heteroatoms. The van der Waals surface area contributed by atoms with Crippen molar-refractivity contribution in [2.45, 2.75) is 50.5 Å². The molecule has 1 aliphatic rings. The van der Waals surface area contributed by atoms with Crippen LogP contribution in [0.3, 0.4) is 0 Å². The zero-order valence-electron chi connectivity index (χ0n) is 14.5. The highest BCUT2D eigenvalue weighted by Crippen LogP contribution is 2.41. The highest BCUT2D eigenvalue weighted by molar-refractivity contribution is 7.99. The van der Waals surface area contributed by atoms with E-state index in [1.807, 2.05) is 11.8 Å². The van der Waals surface area contributed by atoms with E-state index in [0.29, 0.717) is 5.92 Å². The van der Waals surface area contributed by atoms with Crippen LogP contribution in [0.1, 0.15) is 49.1 Å². The van der Waals surface area contributed by atoms with Crippen LogP contribution in [0.2, 0.25) is 0 Å². The number of aryl methyl sites for hydroxylation is 1. The predicted octanol–water partition coefficient (Wildman–Crippen LogP) is 5.77. The fourth-order valence-electron chi connectivity index (χ4n) is 3.13. The van der Waals surface area contributed by atoms with Gasteiger partial charge in [0, 0.05) is 17.4 Å². The summed E-state index contributed by atoms with van der Waals surface area (Å²) < 4.78 is 2.45. The molecule has 0 N–H and O–H groups in total. The second kappa shape index (κ2) is 6.64. The van der Waals surface area contributed by atoms with Gasteiger partial charge in [-0.15, -0.1) is 11.8 Å². The van der Waals surface area contributed by atoms with Crippen molar-refractivity contribution in [1.29, 1.82) is 0 Å². The number of rotatable bonds is 6. The topological polar surface area (TPSA) is 17.8 Å². The molecule has 0 radical (unpaired) electrons. The Morgan fingerprint density at radius 1 is 1.12 bits per heavy atom. The molecular weight excluding hydrogens is 312 g/mol. The third-order valence-corrected chi connectivity index (χ3v) is 5.83. The quantitative estimate of drug-likeness (QED) is 0.532. The van der Waals surface area contributed by atoms with E-state index in [2.05, 4.69) is 60.9 Å². The first kappa shape index (κ1) is 15.8. The smallest absolute Gasteiger partial charge is 0.113 e. The van der Waals surface area contributed by atoms with Gasteiger partial charge in [-0.05, 0) is 55.7 Å². The van der Waals surface area contributed by atoms with Crippen molar-refractivity contribution >= 4 is 22.8 Å². The maximum atomic E-state index is 4.96. The van der Waals surface area contributed by atoms with Gasteiger partial charge in [-0.3, -0.25) is 0 Å². The molecule has 1 aromatic heterocycles. The molecular formula is C21H24N2S. The van der Waals surface area contributed by atoms with Crippen molar-refractivity contribution in [1.82, 2.24) is 9.55 Å². The molecule has 0 unspecified atom stereocenters. The fourth-order valence-corrected chi connectivity index (χ4v) is 3.93. The standard InChI is InChI=1S/C21H24N2S/c1-3-12-24-18-10-11-19-20(13-18)23(21(22-19)17-8-9-17)14-16-6-4-15(2)5-7-16/h4-7,10-11,13,17H,3,8-9,12,14H2,1-2H3. The maximum absolute atomic E-state index is 4.96. The molecule has 0 spiro atoms. The first-order chi connectivity index (χ1) is 11.7. The number of imidazole rings is 1. The lowest BCUT2D eigenvalue weighted by atomic mass is 10.1.